The molecule has 44 heavy (non-hydrogen) atoms. The Bertz CT molecular complexity index is 1700. The van der Waals surface area contributed by atoms with Crippen LogP contribution in [0.4, 0.5) is 0 Å². The molecule has 0 spiro atoms. The van der Waals surface area contributed by atoms with Gasteiger partial charge in [0.1, 0.15) is 17.0 Å². The predicted molar refractivity (Wildman–Crippen MR) is 176 cm³/mol. The van der Waals surface area contributed by atoms with E-state index in [4.69, 9.17) is 48.3 Å². The van der Waals surface area contributed by atoms with E-state index < -0.39 is 24.0 Å². The average molecular weight is 650 g/mol. The second kappa shape index (κ2) is 11.5. The summed E-state index contributed by atoms with van der Waals surface area (Å²) in [5, 5.41) is -1.23. The Morgan fingerprint density at radius 1 is 0.750 bits per heavy atom. The first-order valence-corrected chi connectivity index (χ1v) is 17.0. The van der Waals surface area contributed by atoms with E-state index in [9.17, 15) is 0 Å². The Morgan fingerprint density at radius 2 is 1.25 bits per heavy atom. The molecule has 5 nitrogen and oxygen atoms in total. The zero-order chi connectivity index (χ0) is 31.2. The first-order chi connectivity index (χ1) is 21.2. The Morgan fingerprint density at radius 3 is 1.80 bits per heavy atom. The summed E-state index contributed by atoms with van der Waals surface area (Å²) >= 11 is 9.53. The predicted octanol–water partition coefficient (Wildman–Crippen LogP) is 9.37. The zero-order valence-corrected chi connectivity index (χ0v) is 27.4. The van der Waals surface area contributed by atoms with Crippen LogP contribution in [0.3, 0.4) is 0 Å². The number of hydrogen-bond acceptors (Lipinski definition) is 5. The lowest BCUT2D eigenvalue weighted by atomic mass is 9.61. The lowest BCUT2D eigenvalue weighted by molar-refractivity contribution is -0.0525. The Balaban J connectivity index is 0.00000110. The number of ether oxygens (including phenoxy) is 2. The van der Waals surface area contributed by atoms with Crippen molar-refractivity contribution in [3.05, 3.63) is 149 Å². The van der Waals surface area contributed by atoms with Crippen LogP contribution in [-0.2, 0) is 34.7 Å². The van der Waals surface area contributed by atoms with Gasteiger partial charge in [0.05, 0.1) is 25.7 Å². The molecular formula is C36H35Cl2O5P. The summed E-state index contributed by atoms with van der Waals surface area (Å²) in [5.41, 5.74) is 2.35. The molecule has 0 radical (unpaired) electrons. The molecule has 0 amide bonds. The van der Waals surface area contributed by atoms with Crippen LogP contribution in [-0.4, -0.2) is 25.7 Å². The van der Waals surface area contributed by atoms with Crippen LogP contribution < -0.4 is 4.74 Å². The second-order valence-electron chi connectivity index (χ2n) is 12.0. The van der Waals surface area contributed by atoms with Gasteiger partial charge in [-0.05, 0) is 45.5 Å². The van der Waals surface area contributed by atoms with Crippen LogP contribution in [0.2, 0.25) is 0 Å². The molecule has 0 N–H and O–H groups in total. The van der Waals surface area contributed by atoms with E-state index in [0.717, 1.165) is 27.8 Å². The van der Waals surface area contributed by atoms with Gasteiger partial charge in [-0.3, -0.25) is 4.57 Å². The van der Waals surface area contributed by atoms with Gasteiger partial charge in [0, 0.05) is 5.41 Å². The standard InChI is InChI=1S/C35H33O5P.CH2Cl2/c1-25-33(26-13-7-5-8-14-26)30-17-11-12-18-31(30)34(40-33,27-15-9-6-10-16-27)35(25,28-19-21-29(37-4)22-20-28)41(36)38-23-32(2,3)24-39-41;2-1-3/h5-22H,1,23-24H2,2-4H3;1H2/t33-,34+,35-;/m0./s1. The molecule has 0 aliphatic carbocycles. The minimum Gasteiger partial charge on any atom is -0.497 e. The van der Waals surface area contributed by atoms with Crippen LogP contribution in [0.1, 0.15) is 41.7 Å². The summed E-state index contributed by atoms with van der Waals surface area (Å²) in [6.07, 6.45) is 0. The normalized spacial score (nSPS) is 27.6. The van der Waals surface area contributed by atoms with Gasteiger partial charge < -0.3 is 18.5 Å². The Hall–Kier alpha value is -2.89. The largest absolute Gasteiger partial charge is 0.497 e. The summed E-state index contributed by atoms with van der Waals surface area (Å²) in [6, 6.07) is 36.0. The van der Waals surface area contributed by atoms with Gasteiger partial charge in [0.2, 0.25) is 0 Å². The topological polar surface area (TPSA) is 54.0 Å². The third kappa shape index (κ3) is 4.21. The zero-order valence-electron chi connectivity index (χ0n) is 25.0. The molecule has 2 fully saturated rings. The Labute approximate surface area is 269 Å². The SMILES string of the molecule is C=C1[C@@]2(c3ccccc3)O[C@](c3ccccc3)(c3ccccc32)[C@]1(c1ccc(OC)cc1)P1(=O)OCC(C)(C)CO1.ClCCl. The van der Waals surface area contributed by atoms with Crippen LogP contribution in [0.15, 0.2) is 121 Å². The maximum absolute atomic E-state index is 15.7. The monoisotopic (exact) mass is 648 g/mol. The van der Waals surface area contributed by atoms with Crippen LogP contribution >= 0.6 is 30.8 Å². The van der Waals surface area contributed by atoms with Crippen molar-refractivity contribution >= 4 is 30.8 Å². The van der Waals surface area contributed by atoms with Crippen molar-refractivity contribution in [2.75, 3.05) is 25.7 Å². The molecule has 2 bridgehead atoms. The van der Waals surface area contributed by atoms with E-state index >= 15 is 4.57 Å². The van der Waals surface area contributed by atoms with Crippen molar-refractivity contribution < 1.29 is 23.1 Å². The summed E-state index contributed by atoms with van der Waals surface area (Å²) in [7, 11) is -2.40. The van der Waals surface area contributed by atoms with E-state index in [1.807, 2.05) is 84.9 Å². The fourth-order valence-corrected chi connectivity index (χ4v) is 10.2. The van der Waals surface area contributed by atoms with Crippen LogP contribution in [0.5, 0.6) is 5.75 Å². The maximum Gasteiger partial charge on any atom is 0.349 e. The van der Waals surface area contributed by atoms with Crippen LogP contribution in [0.25, 0.3) is 0 Å². The Kier molecular flexibility index (Phi) is 8.11. The molecule has 0 saturated carbocycles. The average Bonchev–Trinajstić information content (AvgIpc) is 3.51. The van der Waals surface area contributed by atoms with Crippen molar-refractivity contribution in [3.8, 4) is 5.75 Å². The first-order valence-electron chi connectivity index (χ1n) is 14.4. The molecule has 4 aromatic rings. The summed E-state index contributed by atoms with van der Waals surface area (Å²) < 4.78 is 41.8. The fraction of sp³-hybridized carbons (Fsp3) is 0.278. The number of halogens is 2. The third-order valence-corrected chi connectivity index (χ3v) is 11.5. The van der Waals surface area contributed by atoms with Crippen molar-refractivity contribution in [2.45, 2.75) is 30.2 Å². The molecule has 4 aromatic carbocycles. The van der Waals surface area contributed by atoms with Crippen molar-refractivity contribution in [1.82, 2.24) is 0 Å². The molecular weight excluding hydrogens is 614 g/mol. The van der Waals surface area contributed by atoms with Gasteiger partial charge in [-0.25, -0.2) is 0 Å². The number of alkyl halides is 2. The fourth-order valence-electron chi connectivity index (χ4n) is 7.07. The molecule has 3 aliphatic rings. The van der Waals surface area contributed by atoms with E-state index in [1.165, 1.54) is 0 Å². The lowest BCUT2D eigenvalue weighted by Crippen LogP contribution is -2.51. The number of fused-ring (bicyclic) bond motifs is 5. The van der Waals surface area contributed by atoms with Crippen molar-refractivity contribution in [3.63, 3.8) is 0 Å². The van der Waals surface area contributed by atoms with E-state index in [0.29, 0.717) is 11.3 Å². The van der Waals surface area contributed by atoms with Gasteiger partial charge in [-0.2, -0.15) is 0 Å². The minimum absolute atomic E-state index is 0.194. The van der Waals surface area contributed by atoms with Crippen molar-refractivity contribution in [2.24, 2.45) is 5.41 Å². The highest BCUT2D eigenvalue weighted by atomic mass is 35.5. The highest BCUT2D eigenvalue weighted by Gasteiger charge is 2.82. The quantitative estimate of drug-likeness (QED) is 0.123. The van der Waals surface area contributed by atoms with Gasteiger partial charge >= 0.3 is 7.60 Å². The van der Waals surface area contributed by atoms with E-state index in [1.54, 1.807) is 7.11 Å². The molecule has 7 rings (SSSR count). The summed E-state index contributed by atoms with van der Waals surface area (Å²) in [5.74, 6) is 0.690. The maximum atomic E-state index is 15.7. The number of hydrogen-bond donors (Lipinski definition) is 0. The first kappa shape index (κ1) is 31.1. The molecule has 228 valence electrons. The molecule has 0 unspecified atom stereocenters. The number of benzene rings is 4. The summed E-state index contributed by atoms with van der Waals surface area (Å²) in [6.45, 7) is 9.46. The van der Waals surface area contributed by atoms with Gasteiger partial charge in [-0.1, -0.05) is 117 Å². The molecule has 3 heterocycles. The molecule has 8 heteroatoms. The third-order valence-electron chi connectivity index (χ3n) is 8.89. The van der Waals surface area contributed by atoms with Crippen LogP contribution in [0, 0.1) is 5.41 Å². The number of methoxy groups -OCH3 is 1. The molecule has 0 aromatic heterocycles. The smallest absolute Gasteiger partial charge is 0.349 e. The van der Waals surface area contributed by atoms with E-state index in [-0.39, 0.29) is 24.0 Å². The summed E-state index contributed by atoms with van der Waals surface area (Å²) in [4.78, 5) is 0. The van der Waals surface area contributed by atoms with Gasteiger partial charge in [-0.15, -0.1) is 23.2 Å². The van der Waals surface area contributed by atoms with Gasteiger partial charge in [0.25, 0.3) is 0 Å². The molecule has 3 aliphatic heterocycles. The minimum atomic E-state index is -4.03. The van der Waals surface area contributed by atoms with E-state index in [2.05, 4.69) is 38.1 Å². The molecule has 2 saturated heterocycles. The number of rotatable bonds is 5. The highest BCUT2D eigenvalue weighted by Crippen LogP contribution is 2.86. The molecule has 3 atom stereocenters. The van der Waals surface area contributed by atoms with Crippen molar-refractivity contribution in [1.29, 1.82) is 0 Å². The second-order valence-corrected chi connectivity index (χ2v) is 15.0. The highest BCUT2D eigenvalue weighted by molar-refractivity contribution is 7.55. The lowest BCUT2D eigenvalue weighted by Gasteiger charge is -2.52. The van der Waals surface area contributed by atoms with Gasteiger partial charge in [0.15, 0.2) is 5.16 Å².